The largest absolute Gasteiger partial charge is 0.355 e. The van der Waals surface area contributed by atoms with E-state index >= 15 is 0 Å². The second-order valence-electron chi connectivity index (χ2n) is 7.51. The van der Waals surface area contributed by atoms with Crippen molar-refractivity contribution in [3.8, 4) is 0 Å². The van der Waals surface area contributed by atoms with Gasteiger partial charge in [-0.3, -0.25) is 9.59 Å². The van der Waals surface area contributed by atoms with Crippen LogP contribution in [0.25, 0.3) is 0 Å². The SMILES string of the molecule is O=C1CC(C(=O)NC[C@@H]2CNC[C@H]2Cc2ccccc2)c2ccccc2N1. The molecule has 0 spiro atoms. The van der Waals surface area contributed by atoms with Gasteiger partial charge in [-0.15, -0.1) is 0 Å². The Morgan fingerprint density at radius 1 is 1.00 bits per heavy atom. The van der Waals surface area contributed by atoms with Gasteiger partial charge in [-0.1, -0.05) is 48.5 Å². The molecule has 2 aliphatic heterocycles. The summed E-state index contributed by atoms with van der Waals surface area (Å²) >= 11 is 0. The highest BCUT2D eigenvalue weighted by molar-refractivity contribution is 6.01. The van der Waals surface area contributed by atoms with Crippen LogP contribution in [0, 0.1) is 11.8 Å². The topological polar surface area (TPSA) is 70.2 Å². The van der Waals surface area contributed by atoms with Crippen LogP contribution in [0.2, 0.25) is 0 Å². The molecule has 5 heteroatoms. The first kappa shape index (κ1) is 17.7. The zero-order chi connectivity index (χ0) is 18.6. The minimum atomic E-state index is -0.406. The zero-order valence-electron chi connectivity index (χ0n) is 15.3. The number of amides is 2. The third-order valence-corrected chi connectivity index (χ3v) is 5.68. The molecule has 5 nitrogen and oxygen atoms in total. The van der Waals surface area contributed by atoms with Gasteiger partial charge in [-0.25, -0.2) is 0 Å². The molecule has 4 rings (SSSR count). The average molecular weight is 363 g/mol. The summed E-state index contributed by atoms with van der Waals surface area (Å²) in [7, 11) is 0. The van der Waals surface area contributed by atoms with Gasteiger partial charge < -0.3 is 16.0 Å². The van der Waals surface area contributed by atoms with E-state index < -0.39 is 5.92 Å². The fraction of sp³-hybridized carbons (Fsp3) is 0.364. The van der Waals surface area contributed by atoms with Crippen LogP contribution < -0.4 is 16.0 Å². The Labute approximate surface area is 159 Å². The summed E-state index contributed by atoms with van der Waals surface area (Å²) in [6.07, 6.45) is 1.22. The molecule has 0 saturated carbocycles. The molecule has 2 heterocycles. The fourth-order valence-corrected chi connectivity index (χ4v) is 4.18. The van der Waals surface area contributed by atoms with Crippen LogP contribution in [0.5, 0.6) is 0 Å². The Morgan fingerprint density at radius 3 is 2.59 bits per heavy atom. The minimum absolute atomic E-state index is 0.0531. The van der Waals surface area contributed by atoms with Crippen molar-refractivity contribution in [2.24, 2.45) is 11.8 Å². The average Bonchev–Trinajstić information content (AvgIpc) is 3.13. The molecule has 2 aromatic carbocycles. The van der Waals surface area contributed by atoms with Gasteiger partial charge >= 0.3 is 0 Å². The van der Waals surface area contributed by atoms with Gasteiger partial charge in [0.15, 0.2) is 0 Å². The fourth-order valence-electron chi connectivity index (χ4n) is 4.18. The lowest BCUT2D eigenvalue weighted by Crippen LogP contribution is -2.38. The molecule has 0 radical (unpaired) electrons. The summed E-state index contributed by atoms with van der Waals surface area (Å²) in [4.78, 5) is 24.8. The molecule has 1 fully saturated rings. The Balaban J connectivity index is 1.38. The van der Waals surface area contributed by atoms with Gasteiger partial charge in [0.1, 0.15) is 0 Å². The van der Waals surface area contributed by atoms with Crippen LogP contribution in [-0.4, -0.2) is 31.4 Å². The molecular weight excluding hydrogens is 338 g/mol. The van der Waals surface area contributed by atoms with Crippen LogP contribution in [0.3, 0.4) is 0 Å². The summed E-state index contributed by atoms with van der Waals surface area (Å²) < 4.78 is 0. The van der Waals surface area contributed by atoms with E-state index in [0.717, 1.165) is 30.8 Å². The number of benzene rings is 2. The third-order valence-electron chi connectivity index (χ3n) is 5.68. The van der Waals surface area contributed by atoms with E-state index in [1.54, 1.807) is 0 Å². The second kappa shape index (κ2) is 7.92. The monoisotopic (exact) mass is 363 g/mol. The maximum absolute atomic E-state index is 12.8. The summed E-state index contributed by atoms with van der Waals surface area (Å²) in [5, 5.41) is 9.41. The maximum atomic E-state index is 12.8. The van der Waals surface area contributed by atoms with Crippen molar-refractivity contribution in [1.82, 2.24) is 10.6 Å². The highest BCUT2D eigenvalue weighted by Crippen LogP contribution is 2.32. The first-order valence-electron chi connectivity index (χ1n) is 9.62. The lowest BCUT2D eigenvalue weighted by molar-refractivity contribution is -0.126. The van der Waals surface area contributed by atoms with Crippen LogP contribution >= 0.6 is 0 Å². The Hall–Kier alpha value is -2.66. The lowest BCUT2D eigenvalue weighted by atomic mass is 9.88. The molecule has 2 aromatic rings. The summed E-state index contributed by atoms with van der Waals surface area (Å²) in [5.74, 6) is 0.356. The Morgan fingerprint density at radius 2 is 1.74 bits per heavy atom. The summed E-state index contributed by atoms with van der Waals surface area (Å²) in [6.45, 7) is 2.53. The van der Waals surface area contributed by atoms with Crippen molar-refractivity contribution in [2.45, 2.75) is 18.8 Å². The first-order chi connectivity index (χ1) is 13.2. The molecule has 2 amide bonds. The van der Waals surface area contributed by atoms with E-state index in [2.05, 4.69) is 40.2 Å². The van der Waals surface area contributed by atoms with Crippen molar-refractivity contribution in [1.29, 1.82) is 0 Å². The van der Waals surface area contributed by atoms with Gasteiger partial charge in [0.25, 0.3) is 0 Å². The number of hydrogen-bond donors (Lipinski definition) is 3. The number of para-hydroxylation sites is 1. The van der Waals surface area contributed by atoms with Crippen molar-refractivity contribution >= 4 is 17.5 Å². The van der Waals surface area contributed by atoms with E-state index in [9.17, 15) is 9.59 Å². The lowest BCUT2D eigenvalue weighted by Gasteiger charge is -2.26. The second-order valence-corrected chi connectivity index (χ2v) is 7.51. The van der Waals surface area contributed by atoms with E-state index in [1.165, 1.54) is 5.56 Å². The quantitative estimate of drug-likeness (QED) is 0.763. The molecule has 1 unspecified atom stereocenters. The highest BCUT2D eigenvalue weighted by Gasteiger charge is 2.32. The number of carbonyl (C=O) groups is 2. The zero-order valence-corrected chi connectivity index (χ0v) is 15.3. The van der Waals surface area contributed by atoms with Gasteiger partial charge in [-0.05, 0) is 48.5 Å². The molecule has 0 bridgehead atoms. The van der Waals surface area contributed by atoms with E-state index in [-0.39, 0.29) is 18.2 Å². The molecule has 2 aliphatic rings. The molecule has 0 aromatic heterocycles. The molecule has 27 heavy (non-hydrogen) atoms. The summed E-state index contributed by atoms with van der Waals surface area (Å²) in [6, 6.07) is 18.0. The van der Waals surface area contributed by atoms with Gasteiger partial charge in [0, 0.05) is 18.7 Å². The standard InChI is InChI=1S/C22H25N3O2/c26-21-11-19(18-8-4-5-9-20(18)25-21)22(27)24-14-17-13-23-12-16(17)10-15-6-2-1-3-7-15/h1-9,16-17,19,23H,10-14H2,(H,24,27)(H,25,26)/t16-,17+,19?/m1/s1. The molecular formula is C22H25N3O2. The smallest absolute Gasteiger partial charge is 0.228 e. The van der Waals surface area contributed by atoms with Crippen LogP contribution in [0.4, 0.5) is 5.69 Å². The van der Waals surface area contributed by atoms with E-state index in [0.29, 0.717) is 18.4 Å². The third kappa shape index (κ3) is 4.03. The predicted molar refractivity (Wildman–Crippen MR) is 105 cm³/mol. The molecule has 0 aliphatic carbocycles. The van der Waals surface area contributed by atoms with E-state index in [4.69, 9.17) is 0 Å². The van der Waals surface area contributed by atoms with Crippen molar-refractivity contribution < 1.29 is 9.59 Å². The number of fused-ring (bicyclic) bond motifs is 1. The number of anilines is 1. The molecule has 3 N–H and O–H groups in total. The molecule has 140 valence electrons. The van der Waals surface area contributed by atoms with Gasteiger partial charge in [0.05, 0.1) is 5.92 Å². The van der Waals surface area contributed by atoms with E-state index in [1.807, 2.05) is 30.3 Å². The number of hydrogen-bond acceptors (Lipinski definition) is 3. The van der Waals surface area contributed by atoms with Crippen LogP contribution in [-0.2, 0) is 16.0 Å². The maximum Gasteiger partial charge on any atom is 0.228 e. The first-order valence-corrected chi connectivity index (χ1v) is 9.62. The van der Waals surface area contributed by atoms with Crippen LogP contribution in [0.15, 0.2) is 54.6 Å². The van der Waals surface area contributed by atoms with Gasteiger partial charge in [0.2, 0.25) is 11.8 Å². The van der Waals surface area contributed by atoms with Crippen LogP contribution in [0.1, 0.15) is 23.5 Å². The van der Waals surface area contributed by atoms with Gasteiger partial charge in [-0.2, -0.15) is 0 Å². The molecule has 3 atom stereocenters. The minimum Gasteiger partial charge on any atom is -0.355 e. The van der Waals surface area contributed by atoms with Crippen molar-refractivity contribution in [3.05, 3.63) is 65.7 Å². The Kier molecular flexibility index (Phi) is 5.21. The number of nitrogens with one attached hydrogen (secondary N) is 3. The summed E-state index contributed by atoms with van der Waals surface area (Å²) in [5.41, 5.74) is 2.98. The van der Waals surface area contributed by atoms with Crippen molar-refractivity contribution in [2.75, 3.05) is 25.0 Å². The highest BCUT2D eigenvalue weighted by atomic mass is 16.2. The Bertz CT molecular complexity index is 821. The number of rotatable bonds is 5. The van der Waals surface area contributed by atoms with Crippen molar-refractivity contribution in [3.63, 3.8) is 0 Å². The normalized spacial score (nSPS) is 24.1. The number of carbonyl (C=O) groups excluding carboxylic acids is 2. The predicted octanol–water partition coefficient (Wildman–Crippen LogP) is 2.31. The molecule has 1 saturated heterocycles.